The van der Waals surface area contributed by atoms with E-state index in [9.17, 15) is 8.42 Å². The van der Waals surface area contributed by atoms with Crippen molar-refractivity contribution in [2.24, 2.45) is 4.99 Å². The highest BCUT2D eigenvalue weighted by molar-refractivity contribution is 7.89. The van der Waals surface area contributed by atoms with Gasteiger partial charge in [-0.1, -0.05) is 55.3 Å². The first-order valence-electron chi connectivity index (χ1n) is 9.55. The van der Waals surface area contributed by atoms with E-state index in [1.165, 1.54) is 18.2 Å². The highest BCUT2D eigenvalue weighted by atomic mass is 32.2. The molecule has 0 heterocycles. The Morgan fingerprint density at radius 1 is 0.964 bits per heavy atom. The third-order valence-corrected chi connectivity index (χ3v) is 5.76. The number of rotatable bonds is 9. The Labute approximate surface area is 168 Å². The Hall–Kier alpha value is -2.38. The molecule has 152 valence electrons. The van der Waals surface area contributed by atoms with Gasteiger partial charge < -0.3 is 10.6 Å². The summed E-state index contributed by atoms with van der Waals surface area (Å²) >= 11 is 0. The summed E-state index contributed by atoms with van der Waals surface area (Å²) in [5.41, 5.74) is 3.38. The van der Waals surface area contributed by atoms with Crippen LogP contribution in [-0.2, 0) is 23.1 Å². The summed E-state index contributed by atoms with van der Waals surface area (Å²) in [7, 11) is -2.01. The predicted molar refractivity (Wildman–Crippen MR) is 115 cm³/mol. The standard InChI is InChI=1S/C21H30N4O2S/c1-4-5-14-23-21(24-15-18-8-6-17(2)7-9-18)25-16-19-10-12-20(13-11-19)28(26,27)22-3/h6-13,22H,4-5,14-16H2,1-3H3,(H2,23,24,25). The summed E-state index contributed by atoms with van der Waals surface area (Å²) in [4.78, 5) is 4.89. The summed E-state index contributed by atoms with van der Waals surface area (Å²) in [5.74, 6) is 0.751. The van der Waals surface area contributed by atoms with Crippen molar-refractivity contribution in [3.63, 3.8) is 0 Å². The van der Waals surface area contributed by atoms with E-state index in [0.717, 1.165) is 30.9 Å². The van der Waals surface area contributed by atoms with Crippen LogP contribution in [0.4, 0.5) is 0 Å². The van der Waals surface area contributed by atoms with Gasteiger partial charge in [0.2, 0.25) is 10.0 Å². The van der Waals surface area contributed by atoms with Crippen molar-refractivity contribution < 1.29 is 8.42 Å². The van der Waals surface area contributed by atoms with E-state index in [2.05, 4.69) is 58.5 Å². The van der Waals surface area contributed by atoms with Crippen LogP contribution in [0.5, 0.6) is 0 Å². The first-order valence-corrected chi connectivity index (χ1v) is 11.0. The molecule has 2 rings (SSSR count). The maximum absolute atomic E-state index is 11.8. The second kappa shape index (κ2) is 10.8. The zero-order valence-electron chi connectivity index (χ0n) is 16.8. The van der Waals surface area contributed by atoms with Crippen molar-refractivity contribution in [1.82, 2.24) is 15.4 Å². The van der Waals surface area contributed by atoms with Gasteiger partial charge in [-0.2, -0.15) is 0 Å². The molecule has 0 atom stereocenters. The third kappa shape index (κ3) is 6.98. The highest BCUT2D eigenvalue weighted by Gasteiger charge is 2.10. The van der Waals surface area contributed by atoms with E-state index in [1.54, 1.807) is 24.3 Å². The molecule has 0 radical (unpaired) electrons. The monoisotopic (exact) mass is 402 g/mol. The molecule has 7 heteroatoms. The normalized spacial score (nSPS) is 12.0. The molecule has 2 aromatic carbocycles. The maximum Gasteiger partial charge on any atom is 0.240 e. The molecule has 0 aliphatic rings. The number of aliphatic imine (C=N–C) groups is 1. The van der Waals surface area contributed by atoms with E-state index in [1.807, 2.05) is 0 Å². The van der Waals surface area contributed by atoms with Gasteiger partial charge in [-0.3, -0.25) is 0 Å². The second-order valence-corrected chi connectivity index (χ2v) is 8.52. The molecule has 0 fully saturated rings. The number of guanidine groups is 1. The van der Waals surface area contributed by atoms with Crippen molar-refractivity contribution in [2.45, 2.75) is 44.7 Å². The van der Waals surface area contributed by atoms with E-state index in [-0.39, 0.29) is 4.90 Å². The lowest BCUT2D eigenvalue weighted by Gasteiger charge is -2.13. The molecule has 0 saturated heterocycles. The number of nitrogens with one attached hydrogen (secondary N) is 3. The molecule has 0 unspecified atom stereocenters. The molecular formula is C21H30N4O2S. The molecule has 6 nitrogen and oxygen atoms in total. The van der Waals surface area contributed by atoms with Gasteiger partial charge in [-0.25, -0.2) is 18.1 Å². The Kier molecular flexibility index (Phi) is 8.47. The zero-order chi connectivity index (χ0) is 20.4. The van der Waals surface area contributed by atoms with Crippen LogP contribution in [0.15, 0.2) is 58.4 Å². The molecule has 28 heavy (non-hydrogen) atoms. The highest BCUT2D eigenvalue weighted by Crippen LogP contribution is 2.11. The van der Waals surface area contributed by atoms with Crippen LogP contribution in [-0.4, -0.2) is 28.0 Å². The van der Waals surface area contributed by atoms with Crippen molar-refractivity contribution in [3.8, 4) is 0 Å². The smallest absolute Gasteiger partial charge is 0.240 e. The minimum absolute atomic E-state index is 0.251. The zero-order valence-corrected chi connectivity index (χ0v) is 17.6. The van der Waals surface area contributed by atoms with E-state index in [0.29, 0.717) is 13.1 Å². The first-order chi connectivity index (χ1) is 13.4. The van der Waals surface area contributed by atoms with Gasteiger partial charge in [-0.05, 0) is 43.7 Å². The first kappa shape index (κ1) is 21.9. The summed E-state index contributed by atoms with van der Waals surface area (Å²) in [5, 5.41) is 6.71. The van der Waals surface area contributed by atoms with Gasteiger partial charge in [0.1, 0.15) is 0 Å². The Balaban J connectivity index is 2.02. The van der Waals surface area contributed by atoms with Crippen LogP contribution >= 0.6 is 0 Å². The predicted octanol–water partition coefficient (Wildman–Crippen LogP) is 2.94. The molecule has 3 N–H and O–H groups in total. The quantitative estimate of drug-likeness (QED) is 0.342. The van der Waals surface area contributed by atoms with Crippen LogP contribution < -0.4 is 15.4 Å². The van der Waals surface area contributed by atoms with Gasteiger partial charge in [0.05, 0.1) is 11.4 Å². The summed E-state index contributed by atoms with van der Waals surface area (Å²) < 4.78 is 25.9. The molecule has 2 aromatic rings. The van der Waals surface area contributed by atoms with Crippen molar-refractivity contribution in [1.29, 1.82) is 0 Å². The van der Waals surface area contributed by atoms with Crippen LogP contribution in [0.25, 0.3) is 0 Å². The van der Waals surface area contributed by atoms with Crippen LogP contribution in [0.3, 0.4) is 0 Å². The molecule has 0 spiro atoms. The fourth-order valence-corrected chi connectivity index (χ4v) is 3.24. The third-order valence-electron chi connectivity index (χ3n) is 4.33. The SMILES string of the molecule is CCCCNC(=NCc1ccc(S(=O)(=O)NC)cc1)NCc1ccc(C)cc1. The fraction of sp³-hybridized carbons (Fsp3) is 0.381. The lowest BCUT2D eigenvalue weighted by molar-refractivity contribution is 0.588. The number of hydrogen-bond acceptors (Lipinski definition) is 3. The van der Waals surface area contributed by atoms with Gasteiger partial charge >= 0.3 is 0 Å². The van der Waals surface area contributed by atoms with Crippen molar-refractivity contribution >= 4 is 16.0 Å². The second-order valence-electron chi connectivity index (χ2n) is 6.64. The van der Waals surface area contributed by atoms with E-state index in [4.69, 9.17) is 0 Å². The number of benzene rings is 2. The van der Waals surface area contributed by atoms with E-state index < -0.39 is 10.0 Å². The minimum atomic E-state index is -3.41. The molecular weight excluding hydrogens is 372 g/mol. The molecule has 0 aliphatic carbocycles. The minimum Gasteiger partial charge on any atom is -0.356 e. The topological polar surface area (TPSA) is 82.6 Å². The van der Waals surface area contributed by atoms with Gasteiger partial charge in [-0.15, -0.1) is 0 Å². The van der Waals surface area contributed by atoms with Crippen molar-refractivity contribution in [2.75, 3.05) is 13.6 Å². The molecule has 0 amide bonds. The van der Waals surface area contributed by atoms with Crippen LogP contribution in [0, 0.1) is 6.92 Å². The summed E-state index contributed by atoms with van der Waals surface area (Å²) in [6.45, 7) is 6.24. The number of unbranched alkanes of at least 4 members (excludes halogenated alkanes) is 1. The van der Waals surface area contributed by atoms with Gasteiger partial charge in [0.25, 0.3) is 0 Å². The van der Waals surface area contributed by atoms with Crippen LogP contribution in [0.2, 0.25) is 0 Å². The molecule has 0 aromatic heterocycles. The summed E-state index contributed by atoms with van der Waals surface area (Å²) in [6.07, 6.45) is 2.18. The Morgan fingerprint density at radius 3 is 2.21 bits per heavy atom. The van der Waals surface area contributed by atoms with Crippen molar-refractivity contribution in [3.05, 3.63) is 65.2 Å². The molecule has 0 aliphatic heterocycles. The average Bonchev–Trinajstić information content (AvgIpc) is 2.71. The fourth-order valence-electron chi connectivity index (χ4n) is 2.51. The molecule has 0 bridgehead atoms. The number of aryl methyl sites for hydroxylation is 1. The van der Waals surface area contributed by atoms with E-state index >= 15 is 0 Å². The molecule has 0 saturated carbocycles. The largest absolute Gasteiger partial charge is 0.356 e. The Bertz CT molecular complexity index is 860. The van der Waals surface area contributed by atoms with Gasteiger partial charge in [0.15, 0.2) is 5.96 Å². The average molecular weight is 403 g/mol. The number of hydrogen-bond donors (Lipinski definition) is 3. The Morgan fingerprint density at radius 2 is 1.61 bits per heavy atom. The lowest BCUT2D eigenvalue weighted by Crippen LogP contribution is -2.37. The summed E-state index contributed by atoms with van der Waals surface area (Å²) in [6, 6.07) is 15.2. The number of sulfonamides is 1. The number of nitrogens with zero attached hydrogens (tertiary/aromatic N) is 1. The van der Waals surface area contributed by atoms with Crippen LogP contribution in [0.1, 0.15) is 36.5 Å². The lowest BCUT2D eigenvalue weighted by atomic mass is 10.1. The van der Waals surface area contributed by atoms with Gasteiger partial charge in [0, 0.05) is 13.1 Å². The maximum atomic E-state index is 11.8.